The molecule has 0 fully saturated rings. The van der Waals surface area contributed by atoms with Crippen LogP contribution in [0.3, 0.4) is 0 Å². The van der Waals surface area contributed by atoms with Gasteiger partial charge in [-0.15, -0.1) is 0 Å². The maximum atomic E-state index is 12.5. The fourth-order valence-electron chi connectivity index (χ4n) is 2.69. The fourth-order valence-corrected chi connectivity index (χ4v) is 2.69. The Balaban J connectivity index is 1.81. The summed E-state index contributed by atoms with van der Waals surface area (Å²) in [4.78, 5) is 37.9. The standard InChI is InChI=1S/C23H29N3O4/c1-23(2,3)30-20(27)11-8-16-26(4)21(28)17-12-14-19(15-13-17)25-22(29)24-18-9-6-5-7-10-18/h5-7,9-10,12-15H,8,11,16H2,1-4H3,(H2,24,25,29). The molecule has 2 aromatic rings. The minimum absolute atomic E-state index is 0.153. The summed E-state index contributed by atoms with van der Waals surface area (Å²) in [7, 11) is 1.69. The van der Waals surface area contributed by atoms with E-state index in [1.807, 2.05) is 39.0 Å². The van der Waals surface area contributed by atoms with E-state index in [1.54, 1.807) is 48.3 Å². The highest BCUT2D eigenvalue weighted by Gasteiger charge is 2.17. The number of carbonyl (C=O) groups is 3. The van der Waals surface area contributed by atoms with E-state index in [9.17, 15) is 14.4 Å². The van der Waals surface area contributed by atoms with E-state index >= 15 is 0 Å². The molecule has 0 spiro atoms. The Morgan fingerprint density at radius 3 is 2.03 bits per heavy atom. The van der Waals surface area contributed by atoms with Crippen LogP contribution in [0.5, 0.6) is 0 Å². The molecule has 2 N–H and O–H groups in total. The summed E-state index contributed by atoms with van der Waals surface area (Å²) in [6, 6.07) is 15.4. The molecular formula is C23H29N3O4. The molecule has 2 aromatic carbocycles. The number of urea groups is 1. The zero-order valence-corrected chi connectivity index (χ0v) is 17.9. The van der Waals surface area contributed by atoms with Gasteiger partial charge in [-0.2, -0.15) is 0 Å². The predicted molar refractivity (Wildman–Crippen MR) is 118 cm³/mol. The lowest BCUT2D eigenvalue weighted by atomic mass is 10.1. The molecule has 0 aliphatic rings. The molecule has 0 unspecified atom stereocenters. The number of anilines is 2. The van der Waals surface area contributed by atoms with E-state index < -0.39 is 5.60 Å². The number of amides is 3. The first kappa shape index (κ1) is 22.9. The Morgan fingerprint density at radius 2 is 1.47 bits per heavy atom. The Labute approximate surface area is 177 Å². The van der Waals surface area contributed by atoms with E-state index in [1.165, 1.54) is 0 Å². The topological polar surface area (TPSA) is 87.7 Å². The molecule has 0 atom stereocenters. The van der Waals surface area contributed by atoms with Gasteiger partial charge in [0, 0.05) is 37.0 Å². The van der Waals surface area contributed by atoms with E-state index in [0.29, 0.717) is 29.9 Å². The number of nitrogens with zero attached hydrogens (tertiary/aromatic N) is 1. The smallest absolute Gasteiger partial charge is 0.323 e. The van der Waals surface area contributed by atoms with E-state index in [0.717, 1.165) is 0 Å². The first-order valence-electron chi connectivity index (χ1n) is 9.84. The number of benzene rings is 2. The molecule has 2 rings (SSSR count). The van der Waals surface area contributed by atoms with Crippen LogP contribution in [0.25, 0.3) is 0 Å². The largest absolute Gasteiger partial charge is 0.460 e. The second-order valence-electron chi connectivity index (χ2n) is 7.94. The second kappa shape index (κ2) is 10.4. The summed E-state index contributed by atoms with van der Waals surface area (Å²) in [6.45, 7) is 5.91. The van der Waals surface area contributed by atoms with Crippen molar-refractivity contribution in [2.45, 2.75) is 39.2 Å². The summed E-state index contributed by atoms with van der Waals surface area (Å²) < 4.78 is 5.26. The Hall–Kier alpha value is -3.35. The molecule has 0 aliphatic carbocycles. The molecule has 3 amide bonds. The number of rotatable bonds is 7. The van der Waals surface area contributed by atoms with Crippen molar-refractivity contribution in [3.63, 3.8) is 0 Å². The highest BCUT2D eigenvalue weighted by Crippen LogP contribution is 2.14. The van der Waals surface area contributed by atoms with Crippen molar-refractivity contribution in [3.05, 3.63) is 60.2 Å². The minimum Gasteiger partial charge on any atom is -0.460 e. The van der Waals surface area contributed by atoms with Crippen molar-refractivity contribution in [1.29, 1.82) is 0 Å². The molecule has 7 nitrogen and oxygen atoms in total. The Kier molecular flexibility index (Phi) is 7.98. The van der Waals surface area contributed by atoms with Gasteiger partial charge in [-0.25, -0.2) is 4.79 Å². The Morgan fingerprint density at radius 1 is 0.900 bits per heavy atom. The number of esters is 1. The van der Waals surface area contributed by atoms with Crippen LogP contribution in [0.4, 0.5) is 16.2 Å². The molecule has 0 saturated carbocycles. The molecule has 0 bridgehead atoms. The average Bonchev–Trinajstić information content (AvgIpc) is 2.67. The van der Waals surface area contributed by atoms with Gasteiger partial charge < -0.3 is 20.3 Å². The normalized spacial score (nSPS) is 10.8. The van der Waals surface area contributed by atoms with Gasteiger partial charge in [0.1, 0.15) is 5.60 Å². The maximum Gasteiger partial charge on any atom is 0.323 e. The van der Waals surface area contributed by atoms with Gasteiger partial charge in [-0.3, -0.25) is 9.59 Å². The summed E-state index contributed by atoms with van der Waals surface area (Å²) in [5, 5.41) is 5.45. The van der Waals surface area contributed by atoms with Crippen molar-refractivity contribution in [1.82, 2.24) is 4.90 Å². The summed E-state index contributed by atoms with van der Waals surface area (Å²) in [5.41, 5.74) is 1.26. The lowest BCUT2D eigenvalue weighted by Gasteiger charge is -2.20. The van der Waals surface area contributed by atoms with Crippen molar-refractivity contribution in [2.24, 2.45) is 0 Å². The fraction of sp³-hybridized carbons (Fsp3) is 0.348. The zero-order chi connectivity index (χ0) is 22.1. The van der Waals surface area contributed by atoms with Gasteiger partial charge in [0.15, 0.2) is 0 Å². The SMILES string of the molecule is CN(CCCC(=O)OC(C)(C)C)C(=O)c1ccc(NC(=O)Nc2ccccc2)cc1. The first-order chi connectivity index (χ1) is 14.1. The lowest BCUT2D eigenvalue weighted by molar-refractivity contribution is -0.154. The summed E-state index contributed by atoms with van der Waals surface area (Å²) >= 11 is 0. The molecule has 0 saturated heterocycles. The van der Waals surface area contributed by atoms with E-state index in [-0.39, 0.29) is 24.3 Å². The van der Waals surface area contributed by atoms with Gasteiger partial charge >= 0.3 is 12.0 Å². The average molecular weight is 412 g/mol. The summed E-state index contributed by atoms with van der Waals surface area (Å²) in [5.74, 6) is -0.424. The van der Waals surface area contributed by atoms with Gasteiger partial charge in [0.25, 0.3) is 5.91 Å². The van der Waals surface area contributed by atoms with Crippen LogP contribution < -0.4 is 10.6 Å². The number of hydrogen-bond donors (Lipinski definition) is 2. The van der Waals surface area contributed by atoms with E-state index in [2.05, 4.69) is 10.6 Å². The monoisotopic (exact) mass is 411 g/mol. The van der Waals surface area contributed by atoms with Crippen LogP contribution in [0.15, 0.2) is 54.6 Å². The first-order valence-corrected chi connectivity index (χ1v) is 9.84. The molecule has 0 radical (unpaired) electrons. The van der Waals surface area contributed by atoms with Gasteiger partial charge in [0.05, 0.1) is 0 Å². The zero-order valence-electron chi connectivity index (χ0n) is 17.9. The second-order valence-corrected chi connectivity index (χ2v) is 7.94. The van der Waals surface area contributed by atoms with Gasteiger partial charge in [0.2, 0.25) is 0 Å². The van der Waals surface area contributed by atoms with Crippen LogP contribution >= 0.6 is 0 Å². The highest BCUT2D eigenvalue weighted by molar-refractivity contribution is 6.00. The third-order valence-electron chi connectivity index (χ3n) is 4.06. The molecule has 0 heterocycles. The molecular weight excluding hydrogens is 382 g/mol. The molecule has 160 valence electrons. The third kappa shape index (κ3) is 7.95. The highest BCUT2D eigenvalue weighted by atomic mass is 16.6. The maximum absolute atomic E-state index is 12.5. The van der Waals surface area contributed by atoms with Crippen molar-refractivity contribution in [2.75, 3.05) is 24.2 Å². The number of para-hydroxylation sites is 1. The van der Waals surface area contributed by atoms with Crippen LogP contribution in [-0.2, 0) is 9.53 Å². The lowest BCUT2D eigenvalue weighted by Crippen LogP contribution is -2.29. The van der Waals surface area contributed by atoms with Gasteiger partial charge in [-0.1, -0.05) is 18.2 Å². The molecule has 0 aromatic heterocycles. The number of carbonyl (C=O) groups excluding carboxylic acids is 3. The number of hydrogen-bond acceptors (Lipinski definition) is 4. The third-order valence-corrected chi connectivity index (χ3v) is 4.06. The number of ether oxygens (including phenoxy) is 1. The summed E-state index contributed by atoms with van der Waals surface area (Å²) in [6.07, 6.45) is 0.782. The van der Waals surface area contributed by atoms with Crippen LogP contribution in [-0.4, -0.2) is 42.0 Å². The number of nitrogens with one attached hydrogen (secondary N) is 2. The quantitative estimate of drug-likeness (QED) is 0.656. The minimum atomic E-state index is -0.507. The van der Waals surface area contributed by atoms with Crippen LogP contribution in [0.2, 0.25) is 0 Å². The molecule has 30 heavy (non-hydrogen) atoms. The van der Waals surface area contributed by atoms with Crippen LogP contribution in [0, 0.1) is 0 Å². The van der Waals surface area contributed by atoms with E-state index in [4.69, 9.17) is 4.74 Å². The molecule has 0 aliphatic heterocycles. The molecule has 7 heteroatoms. The van der Waals surface area contributed by atoms with Crippen molar-refractivity contribution < 1.29 is 19.1 Å². The van der Waals surface area contributed by atoms with Gasteiger partial charge in [-0.05, 0) is 63.6 Å². The van der Waals surface area contributed by atoms with Crippen molar-refractivity contribution in [3.8, 4) is 0 Å². The Bertz CT molecular complexity index is 858. The van der Waals surface area contributed by atoms with Crippen molar-refractivity contribution >= 4 is 29.3 Å². The van der Waals surface area contributed by atoms with Crippen LogP contribution in [0.1, 0.15) is 44.0 Å². The predicted octanol–water partition coefficient (Wildman–Crippen LogP) is 4.52.